The van der Waals surface area contributed by atoms with Gasteiger partial charge in [-0.25, -0.2) is 0 Å². The largest absolute Gasteiger partial charge is 0.310 e. The molecule has 2 nitrogen and oxygen atoms in total. The van der Waals surface area contributed by atoms with E-state index in [0.29, 0.717) is 6.04 Å². The predicted octanol–water partition coefficient (Wildman–Crippen LogP) is 3.77. The molecule has 2 rings (SSSR count). The van der Waals surface area contributed by atoms with Gasteiger partial charge in [-0.3, -0.25) is 0 Å². The van der Waals surface area contributed by atoms with E-state index in [1.807, 2.05) is 0 Å². The van der Waals surface area contributed by atoms with Crippen LogP contribution < -0.4 is 5.32 Å². The van der Waals surface area contributed by atoms with Crippen LogP contribution >= 0.6 is 0 Å². The first-order valence-corrected chi connectivity index (χ1v) is 8.25. The Hall–Kier alpha value is -0.860. The molecule has 1 aliphatic carbocycles. The van der Waals surface area contributed by atoms with Gasteiger partial charge in [-0.1, -0.05) is 38.1 Å². The molecule has 1 fully saturated rings. The van der Waals surface area contributed by atoms with E-state index in [0.717, 1.165) is 12.5 Å². The van der Waals surface area contributed by atoms with E-state index in [9.17, 15) is 0 Å². The standard InChI is InChI=1S/C18H30N2/c1-4-19-18(17-9-7-6-8-15(17)3)12-13-20(5-2)14-16-10-11-16/h6-9,16,18-19H,4-5,10-14H2,1-3H3. The maximum atomic E-state index is 3.66. The van der Waals surface area contributed by atoms with Crippen molar-refractivity contribution < 1.29 is 0 Å². The van der Waals surface area contributed by atoms with E-state index in [4.69, 9.17) is 0 Å². The summed E-state index contributed by atoms with van der Waals surface area (Å²) in [5, 5.41) is 3.66. The zero-order valence-electron chi connectivity index (χ0n) is 13.4. The minimum absolute atomic E-state index is 0.495. The highest BCUT2D eigenvalue weighted by Crippen LogP contribution is 2.30. The first kappa shape index (κ1) is 15.5. The molecule has 1 atom stereocenters. The minimum atomic E-state index is 0.495. The van der Waals surface area contributed by atoms with Crippen LogP contribution in [-0.4, -0.2) is 31.1 Å². The zero-order chi connectivity index (χ0) is 14.4. The molecule has 1 saturated carbocycles. The lowest BCUT2D eigenvalue weighted by Gasteiger charge is -2.25. The Labute approximate surface area is 124 Å². The SMILES string of the molecule is CCNC(CCN(CC)CC1CC1)c1ccccc1C. The number of nitrogens with one attached hydrogen (secondary N) is 1. The second-order valence-electron chi connectivity index (χ2n) is 6.09. The second kappa shape index (κ2) is 7.80. The number of hydrogen-bond donors (Lipinski definition) is 1. The summed E-state index contributed by atoms with van der Waals surface area (Å²) in [5.41, 5.74) is 2.88. The molecule has 112 valence electrons. The first-order chi connectivity index (χ1) is 9.74. The molecule has 0 aliphatic heterocycles. The van der Waals surface area contributed by atoms with Gasteiger partial charge in [0.05, 0.1) is 0 Å². The Morgan fingerprint density at radius 3 is 2.60 bits per heavy atom. The smallest absolute Gasteiger partial charge is 0.0334 e. The summed E-state index contributed by atoms with van der Waals surface area (Å²) in [6.07, 6.45) is 4.11. The molecule has 2 heteroatoms. The van der Waals surface area contributed by atoms with Crippen molar-refractivity contribution >= 4 is 0 Å². The first-order valence-electron chi connectivity index (χ1n) is 8.25. The molecule has 20 heavy (non-hydrogen) atoms. The molecular formula is C18H30N2. The number of nitrogens with zero attached hydrogens (tertiary/aromatic N) is 1. The lowest BCUT2D eigenvalue weighted by molar-refractivity contribution is 0.259. The van der Waals surface area contributed by atoms with Gasteiger partial charge in [0.25, 0.3) is 0 Å². The van der Waals surface area contributed by atoms with E-state index in [-0.39, 0.29) is 0 Å². The molecule has 1 aromatic rings. The number of rotatable bonds is 9. The molecule has 0 heterocycles. The Balaban J connectivity index is 1.92. The highest BCUT2D eigenvalue weighted by atomic mass is 15.1. The Morgan fingerprint density at radius 2 is 2.00 bits per heavy atom. The summed E-state index contributed by atoms with van der Waals surface area (Å²) in [7, 11) is 0. The summed E-state index contributed by atoms with van der Waals surface area (Å²) in [4.78, 5) is 2.63. The predicted molar refractivity (Wildman–Crippen MR) is 87.1 cm³/mol. The monoisotopic (exact) mass is 274 g/mol. The zero-order valence-corrected chi connectivity index (χ0v) is 13.4. The van der Waals surface area contributed by atoms with Crippen molar-refractivity contribution in [3.05, 3.63) is 35.4 Å². The average molecular weight is 274 g/mol. The lowest BCUT2D eigenvalue weighted by atomic mass is 9.98. The van der Waals surface area contributed by atoms with E-state index in [1.165, 1.54) is 50.0 Å². The van der Waals surface area contributed by atoms with Crippen LogP contribution in [0.4, 0.5) is 0 Å². The number of hydrogen-bond acceptors (Lipinski definition) is 2. The van der Waals surface area contributed by atoms with Gasteiger partial charge in [-0.2, -0.15) is 0 Å². The summed E-state index contributed by atoms with van der Waals surface area (Å²) >= 11 is 0. The van der Waals surface area contributed by atoms with E-state index in [1.54, 1.807) is 0 Å². The van der Waals surface area contributed by atoms with Gasteiger partial charge in [0.2, 0.25) is 0 Å². The van der Waals surface area contributed by atoms with Crippen molar-refractivity contribution in [3.8, 4) is 0 Å². The molecule has 0 spiro atoms. The van der Waals surface area contributed by atoms with Crippen LogP contribution in [0.3, 0.4) is 0 Å². The minimum Gasteiger partial charge on any atom is -0.310 e. The molecule has 1 aliphatic rings. The van der Waals surface area contributed by atoms with E-state index >= 15 is 0 Å². The second-order valence-corrected chi connectivity index (χ2v) is 6.09. The highest BCUT2D eigenvalue weighted by Gasteiger charge is 2.24. The molecule has 0 amide bonds. The normalized spacial score (nSPS) is 16.6. The lowest BCUT2D eigenvalue weighted by Crippen LogP contribution is -2.31. The van der Waals surface area contributed by atoms with Crippen LogP contribution in [0.2, 0.25) is 0 Å². The van der Waals surface area contributed by atoms with Gasteiger partial charge in [-0.15, -0.1) is 0 Å². The molecule has 1 N–H and O–H groups in total. The summed E-state index contributed by atoms with van der Waals surface area (Å²) in [6.45, 7) is 11.5. The Kier molecular flexibility index (Phi) is 6.06. The van der Waals surface area contributed by atoms with Crippen LogP contribution in [0.15, 0.2) is 24.3 Å². The third kappa shape index (κ3) is 4.60. The summed E-state index contributed by atoms with van der Waals surface area (Å²) < 4.78 is 0. The molecule has 0 radical (unpaired) electrons. The maximum Gasteiger partial charge on any atom is 0.0334 e. The van der Waals surface area contributed by atoms with Gasteiger partial charge >= 0.3 is 0 Å². The Morgan fingerprint density at radius 1 is 1.25 bits per heavy atom. The fourth-order valence-electron chi connectivity index (χ4n) is 2.95. The number of benzene rings is 1. The molecule has 0 aromatic heterocycles. The van der Waals surface area contributed by atoms with Crippen LogP contribution in [0.25, 0.3) is 0 Å². The third-order valence-corrected chi connectivity index (χ3v) is 4.41. The van der Waals surface area contributed by atoms with Crippen LogP contribution in [0, 0.1) is 12.8 Å². The van der Waals surface area contributed by atoms with Crippen molar-refractivity contribution in [2.75, 3.05) is 26.2 Å². The fraction of sp³-hybridized carbons (Fsp3) is 0.667. The molecule has 1 unspecified atom stereocenters. The fourth-order valence-corrected chi connectivity index (χ4v) is 2.95. The Bertz CT molecular complexity index is 398. The van der Waals surface area contributed by atoms with Crippen molar-refractivity contribution in [3.63, 3.8) is 0 Å². The molecule has 0 saturated heterocycles. The van der Waals surface area contributed by atoms with Gasteiger partial charge < -0.3 is 10.2 Å². The average Bonchev–Trinajstić information content (AvgIpc) is 3.26. The van der Waals surface area contributed by atoms with Gasteiger partial charge in [0.15, 0.2) is 0 Å². The van der Waals surface area contributed by atoms with Crippen molar-refractivity contribution in [2.24, 2.45) is 5.92 Å². The van der Waals surface area contributed by atoms with Crippen LogP contribution in [0.5, 0.6) is 0 Å². The van der Waals surface area contributed by atoms with Crippen LogP contribution in [-0.2, 0) is 0 Å². The van der Waals surface area contributed by atoms with Crippen molar-refractivity contribution in [2.45, 2.75) is 46.1 Å². The highest BCUT2D eigenvalue weighted by molar-refractivity contribution is 5.28. The van der Waals surface area contributed by atoms with E-state index in [2.05, 4.69) is 55.3 Å². The topological polar surface area (TPSA) is 15.3 Å². The van der Waals surface area contributed by atoms with Crippen molar-refractivity contribution in [1.82, 2.24) is 10.2 Å². The molecule has 1 aromatic carbocycles. The van der Waals surface area contributed by atoms with Gasteiger partial charge in [-0.05, 0) is 62.9 Å². The van der Waals surface area contributed by atoms with Gasteiger partial charge in [0, 0.05) is 12.6 Å². The van der Waals surface area contributed by atoms with Crippen molar-refractivity contribution in [1.29, 1.82) is 0 Å². The quantitative estimate of drug-likeness (QED) is 0.737. The summed E-state index contributed by atoms with van der Waals surface area (Å²) in [5.74, 6) is 0.992. The van der Waals surface area contributed by atoms with Crippen LogP contribution in [0.1, 0.15) is 50.3 Å². The molecule has 0 bridgehead atoms. The molecular weight excluding hydrogens is 244 g/mol. The maximum absolute atomic E-state index is 3.66. The van der Waals surface area contributed by atoms with E-state index < -0.39 is 0 Å². The number of aryl methyl sites for hydroxylation is 1. The van der Waals surface area contributed by atoms with Gasteiger partial charge in [0.1, 0.15) is 0 Å². The summed E-state index contributed by atoms with van der Waals surface area (Å²) in [6, 6.07) is 9.29. The third-order valence-electron chi connectivity index (χ3n) is 4.41.